The molecule has 0 radical (unpaired) electrons. The lowest BCUT2D eigenvalue weighted by Gasteiger charge is -2.29. The highest BCUT2D eigenvalue weighted by atomic mass is 16.4. The summed E-state index contributed by atoms with van der Waals surface area (Å²) in [4.78, 5) is 21.1. The predicted octanol–water partition coefficient (Wildman–Crippen LogP) is 1.04. The Labute approximate surface area is 131 Å². The van der Waals surface area contributed by atoms with Gasteiger partial charge in [-0.3, -0.25) is 9.69 Å². The number of carboxylic acid groups (broad SMARTS) is 1. The molecular formula is C16H26N4O2. The summed E-state index contributed by atoms with van der Waals surface area (Å²) in [6, 6.07) is 0. The maximum Gasteiger partial charge on any atom is 0.311 e. The van der Waals surface area contributed by atoms with E-state index < -0.39 is 11.4 Å². The molecule has 0 amide bonds. The van der Waals surface area contributed by atoms with E-state index in [9.17, 15) is 9.90 Å². The van der Waals surface area contributed by atoms with E-state index in [1.165, 1.54) is 0 Å². The topological polar surface area (TPSA) is 61.6 Å². The lowest BCUT2D eigenvalue weighted by Crippen LogP contribution is -2.41. The molecule has 2 fully saturated rings. The minimum absolute atomic E-state index is 0.215. The van der Waals surface area contributed by atoms with Crippen molar-refractivity contribution in [3.8, 4) is 0 Å². The van der Waals surface area contributed by atoms with Gasteiger partial charge in [-0.2, -0.15) is 0 Å². The maximum absolute atomic E-state index is 12.0. The number of hydrogen-bond donors (Lipinski definition) is 1. The Morgan fingerprint density at radius 2 is 2.23 bits per heavy atom. The van der Waals surface area contributed by atoms with Gasteiger partial charge in [-0.15, -0.1) is 0 Å². The Morgan fingerprint density at radius 1 is 1.45 bits per heavy atom. The van der Waals surface area contributed by atoms with E-state index in [0.29, 0.717) is 6.54 Å². The summed E-state index contributed by atoms with van der Waals surface area (Å²) in [5.74, 6) is 0.660. The van der Waals surface area contributed by atoms with E-state index >= 15 is 0 Å². The van der Waals surface area contributed by atoms with E-state index in [1.54, 1.807) is 0 Å². The maximum atomic E-state index is 12.0. The molecule has 0 spiro atoms. The molecule has 0 aromatic carbocycles. The zero-order valence-corrected chi connectivity index (χ0v) is 13.5. The molecule has 6 heteroatoms. The second-order valence-electron chi connectivity index (χ2n) is 6.78. The molecule has 0 saturated carbocycles. The van der Waals surface area contributed by atoms with Gasteiger partial charge in [0.2, 0.25) is 0 Å². The number of carbonyl (C=O) groups is 1. The van der Waals surface area contributed by atoms with Crippen LogP contribution < -0.4 is 0 Å². The van der Waals surface area contributed by atoms with Crippen molar-refractivity contribution in [3.05, 3.63) is 18.2 Å². The highest BCUT2D eigenvalue weighted by molar-refractivity contribution is 5.76. The Hall–Kier alpha value is -1.40. The molecular weight excluding hydrogens is 280 g/mol. The van der Waals surface area contributed by atoms with E-state index in [1.807, 2.05) is 24.0 Å². The molecule has 0 bridgehead atoms. The van der Waals surface area contributed by atoms with Crippen LogP contribution in [0.2, 0.25) is 0 Å². The Morgan fingerprint density at radius 3 is 2.86 bits per heavy atom. The summed E-state index contributed by atoms with van der Waals surface area (Å²) < 4.78 is 2.04. The zero-order valence-electron chi connectivity index (χ0n) is 13.5. The molecule has 0 aliphatic carbocycles. The van der Waals surface area contributed by atoms with Crippen molar-refractivity contribution in [2.24, 2.45) is 18.4 Å². The molecule has 22 heavy (non-hydrogen) atoms. The fourth-order valence-electron chi connectivity index (χ4n) is 4.10. The number of aromatic nitrogens is 2. The van der Waals surface area contributed by atoms with Crippen molar-refractivity contribution in [2.45, 2.75) is 26.3 Å². The number of nitrogens with zero attached hydrogens (tertiary/aromatic N) is 4. The third kappa shape index (κ3) is 2.65. The van der Waals surface area contributed by atoms with Crippen molar-refractivity contribution < 1.29 is 9.90 Å². The molecule has 2 atom stereocenters. The van der Waals surface area contributed by atoms with E-state index in [4.69, 9.17) is 0 Å². The molecule has 2 aliphatic rings. The number of fused-ring (bicyclic) bond motifs is 1. The molecule has 2 aliphatic heterocycles. The first-order valence-electron chi connectivity index (χ1n) is 8.19. The molecule has 0 unspecified atom stereocenters. The quantitative estimate of drug-likeness (QED) is 0.900. The van der Waals surface area contributed by atoms with Crippen molar-refractivity contribution >= 4 is 5.97 Å². The summed E-state index contributed by atoms with van der Waals surface area (Å²) in [5.41, 5.74) is -0.549. The van der Waals surface area contributed by atoms with Crippen LogP contribution in [-0.2, 0) is 18.4 Å². The largest absolute Gasteiger partial charge is 0.481 e. The Kier molecular flexibility index (Phi) is 4.23. The third-order valence-corrected chi connectivity index (χ3v) is 5.50. The van der Waals surface area contributed by atoms with E-state index in [0.717, 1.165) is 51.4 Å². The van der Waals surface area contributed by atoms with Crippen LogP contribution in [0.1, 0.15) is 25.6 Å². The van der Waals surface area contributed by atoms with Crippen molar-refractivity contribution in [3.63, 3.8) is 0 Å². The average Bonchev–Trinajstić information content (AvgIpc) is 2.99. The molecule has 3 rings (SSSR count). The van der Waals surface area contributed by atoms with Gasteiger partial charge < -0.3 is 14.6 Å². The lowest BCUT2D eigenvalue weighted by molar-refractivity contribution is -0.151. The summed E-state index contributed by atoms with van der Waals surface area (Å²) in [5, 5.41) is 9.86. The summed E-state index contributed by atoms with van der Waals surface area (Å²) in [7, 11) is 2.01. The number of imidazole rings is 1. The third-order valence-electron chi connectivity index (χ3n) is 5.50. The number of aliphatic carboxylic acids is 1. The minimum Gasteiger partial charge on any atom is -0.481 e. The molecule has 6 nitrogen and oxygen atoms in total. The molecule has 3 heterocycles. The van der Waals surface area contributed by atoms with E-state index in [2.05, 4.69) is 21.7 Å². The zero-order chi connectivity index (χ0) is 15.7. The van der Waals surface area contributed by atoms with Crippen LogP contribution in [0.25, 0.3) is 0 Å². The van der Waals surface area contributed by atoms with Crippen LogP contribution in [0, 0.1) is 11.3 Å². The summed E-state index contributed by atoms with van der Waals surface area (Å²) >= 11 is 0. The van der Waals surface area contributed by atoms with Gasteiger partial charge in [-0.05, 0) is 25.9 Å². The SMILES string of the molecule is CCN1C[C@@H]2CN(Cc3nccn3C)CCC[C@]2(C(=O)O)C1. The van der Waals surface area contributed by atoms with Gasteiger partial charge in [0.05, 0.1) is 12.0 Å². The normalized spacial score (nSPS) is 30.2. The van der Waals surface area contributed by atoms with Gasteiger partial charge in [-0.1, -0.05) is 6.92 Å². The van der Waals surface area contributed by atoms with Crippen LogP contribution >= 0.6 is 0 Å². The van der Waals surface area contributed by atoms with Crippen molar-refractivity contribution in [1.29, 1.82) is 0 Å². The number of carboxylic acids is 1. The van der Waals surface area contributed by atoms with Gasteiger partial charge in [-0.25, -0.2) is 4.98 Å². The first-order valence-corrected chi connectivity index (χ1v) is 8.19. The average molecular weight is 306 g/mol. The standard InChI is InChI=1S/C16H26N4O2/c1-3-19-9-13-10-20(11-14-17-6-8-18(14)2)7-4-5-16(13,12-19)15(21)22/h6,8,13H,3-5,7,9-12H2,1-2H3,(H,21,22)/t13-,16+/m1/s1. The number of likely N-dealkylation sites (tertiary alicyclic amines) is 2. The van der Waals surface area contributed by atoms with Crippen LogP contribution in [0.4, 0.5) is 0 Å². The molecule has 1 aromatic rings. The molecule has 122 valence electrons. The Balaban J connectivity index is 1.77. The van der Waals surface area contributed by atoms with Crippen LogP contribution in [0.5, 0.6) is 0 Å². The Bertz CT molecular complexity index is 544. The molecule has 2 saturated heterocycles. The van der Waals surface area contributed by atoms with Crippen LogP contribution in [0.15, 0.2) is 12.4 Å². The van der Waals surface area contributed by atoms with E-state index in [-0.39, 0.29) is 5.92 Å². The fourth-order valence-corrected chi connectivity index (χ4v) is 4.10. The lowest BCUT2D eigenvalue weighted by atomic mass is 9.75. The van der Waals surface area contributed by atoms with Gasteiger partial charge in [0, 0.05) is 45.0 Å². The highest BCUT2D eigenvalue weighted by Crippen LogP contribution is 2.42. The first-order chi connectivity index (χ1) is 10.5. The number of hydrogen-bond acceptors (Lipinski definition) is 4. The summed E-state index contributed by atoms with van der Waals surface area (Å²) in [6.45, 7) is 7.29. The fraction of sp³-hybridized carbons (Fsp3) is 0.750. The number of aryl methyl sites for hydroxylation is 1. The minimum atomic E-state index is -0.604. The van der Waals surface area contributed by atoms with Crippen molar-refractivity contribution in [1.82, 2.24) is 19.4 Å². The smallest absolute Gasteiger partial charge is 0.311 e. The van der Waals surface area contributed by atoms with Gasteiger partial charge in [0.15, 0.2) is 0 Å². The molecule has 1 N–H and O–H groups in total. The second kappa shape index (κ2) is 6.01. The first kappa shape index (κ1) is 15.5. The summed E-state index contributed by atoms with van der Waals surface area (Å²) in [6.07, 6.45) is 5.53. The van der Waals surface area contributed by atoms with Gasteiger partial charge in [0.1, 0.15) is 5.82 Å². The number of rotatable bonds is 4. The van der Waals surface area contributed by atoms with Gasteiger partial charge >= 0.3 is 5.97 Å². The monoisotopic (exact) mass is 306 g/mol. The van der Waals surface area contributed by atoms with Gasteiger partial charge in [0.25, 0.3) is 0 Å². The van der Waals surface area contributed by atoms with Crippen LogP contribution in [-0.4, -0.2) is 63.2 Å². The highest BCUT2D eigenvalue weighted by Gasteiger charge is 2.52. The van der Waals surface area contributed by atoms with Crippen molar-refractivity contribution in [2.75, 3.05) is 32.7 Å². The second-order valence-corrected chi connectivity index (χ2v) is 6.78. The van der Waals surface area contributed by atoms with Crippen LogP contribution in [0.3, 0.4) is 0 Å². The predicted molar refractivity (Wildman–Crippen MR) is 83.4 cm³/mol. The molecule has 1 aromatic heterocycles.